The minimum atomic E-state index is -3.54. The third-order valence-electron chi connectivity index (χ3n) is 3.86. The zero-order valence-electron chi connectivity index (χ0n) is 14.0. The molecule has 4 nitrogen and oxygen atoms in total. The SMILES string of the molecule is Cc1cccc(CS(=O)(=O)N(Cc2cccnc2)c2ccccc2)c1. The van der Waals surface area contributed by atoms with Crippen LogP contribution in [0.5, 0.6) is 0 Å². The fourth-order valence-electron chi connectivity index (χ4n) is 2.69. The molecule has 0 spiro atoms. The summed E-state index contributed by atoms with van der Waals surface area (Å²) in [6.45, 7) is 2.22. The maximum atomic E-state index is 13.1. The van der Waals surface area contributed by atoms with Gasteiger partial charge in [0.25, 0.3) is 0 Å². The van der Waals surface area contributed by atoms with Crippen LogP contribution < -0.4 is 4.31 Å². The van der Waals surface area contributed by atoms with E-state index in [-0.39, 0.29) is 12.3 Å². The number of para-hydroxylation sites is 1. The fourth-order valence-corrected chi connectivity index (χ4v) is 4.24. The Balaban J connectivity index is 1.95. The monoisotopic (exact) mass is 352 g/mol. The number of nitrogens with zero attached hydrogens (tertiary/aromatic N) is 2. The average molecular weight is 352 g/mol. The number of anilines is 1. The molecular weight excluding hydrogens is 332 g/mol. The molecule has 5 heteroatoms. The Kier molecular flexibility index (Phi) is 5.14. The number of rotatable bonds is 6. The van der Waals surface area contributed by atoms with E-state index in [4.69, 9.17) is 0 Å². The van der Waals surface area contributed by atoms with Gasteiger partial charge in [0.2, 0.25) is 10.0 Å². The largest absolute Gasteiger partial charge is 0.265 e. The molecule has 0 unspecified atom stereocenters. The van der Waals surface area contributed by atoms with E-state index in [1.54, 1.807) is 12.4 Å². The van der Waals surface area contributed by atoms with Crippen LogP contribution >= 0.6 is 0 Å². The van der Waals surface area contributed by atoms with E-state index in [1.165, 1.54) is 4.31 Å². The Morgan fingerprint density at radius 2 is 1.68 bits per heavy atom. The maximum Gasteiger partial charge on any atom is 0.239 e. The van der Waals surface area contributed by atoms with Gasteiger partial charge in [-0.1, -0.05) is 54.1 Å². The summed E-state index contributed by atoms with van der Waals surface area (Å²) >= 11 is 0. The number of sulfonamides is 1. The number of hydrogen-bond donors (Lipinski definition) is 0. The van der Waals surface area contributed by atoms with Crippen molar-refractivity contribution in [3.63, 3.8) is 0 Å². The topological polar surface area (TPSA) is 50.3 Å². The van der Waals surface area contributed by atoms with E-state index in [9.17, 15) is 8.42 Å². The number of pyridine rings is 1. The van der Waals surface area contributed by atoms with Gasteiger partial charge in [0.05, 0.1) is 18.0 Å². The van der Waals surface area contributed by atoms with Crippen molar-refractivity contribution in [1.29, 1.82) is 0 Å². The Hall–Kier alpha value is -2.66. The number of aryl methyl sites for hydroxylation is 1. The molecule has 1 heterocycles. The summed E-state index contributed by atoms with van der Waals surface area (Å²) in [5, 5.41) is 0. The minimum Gasteiger partial charge on any atom is -0.265 e. The highest BCUT2D eigenvalue weighted by Crippen LogP contribution is 2.23. The molecular formula is C20H20N2O2S. The second-order valence-electron chi connectivity index (χ2n) is 5.95. The summed E-state index contributed by atoms with van der Waals surface area (Å²) in [5.41, 5.74) is 3.33. The summed E-state index contributed by atoms with van der Waals surface area (Å²) in [4.78, 5) is 4.09. The van der Waals surface area contributed by atoms with Crippen LogP contribution in [-0.2, 0) is 22.3 Å². The summed E-state index contributed by atoms with van der Waals surface area (Å²) in [6.07, 6.45) is 3.37. The van der Waals surface area contributed by atoms with E-state index in [0.29, 0.717) is 5.69 Å². The fraction of sp³-hybridized carbons (Fsp3) is 0.150. The van der Waals surface area contributed by atoms with Gasteiger partial charge in [-0.05, 0) is 36.2 Å². The number of hydrogen-bond acceptors (Lipinski definition) is 3. The minimum absolute atomic E-state index is 0.0379. The highest BCUT2D eigenvalue weighted by atomic mass is 32.2. The molecule has 0 aliphatic rings. The van der Waals surface area contributed by atoms with Gasteiger partial charge in [0, 0.05) is 12.4 Å². The zero-order chi connectivity index (χ0) is 17.7. The first-order valence-electron chi connectivity index (χ1n) is 8.04. The summed E-state index contributed by atoms with van der Waals surface area (Å²) in [5.74, 6) is -0.0379. The second-order valence-corrected chi connectivity index (χ2v) is 7.84. The van der Waals surface area contributed by atoms with Gasteiger partial charge >= 0.3 is 0 Å². The van der Waals surface area contributed by atoms with Crippen molar-refractivity contribution in [1.82, 2.24) is 4.98 Å². The van der Waals surface area contributed by atoms with Gasteiger partial charge in [0.1, 0.15) is 0 Å². The Morgan fingerprint density at radius 1 is 0.920 bits per heavy atom. The first-order chi connectivity index (χ1) is 12.0. The molecule has 2 aromatic carbocycles. The smallest absolute Gasteiger partial charge is 0.239 e. The van der Waals surface area contributed by atoms with Crippen molar-refractivity contribution in [3.8, 4) is 0 Å². The lowest BCUT2D eigenvalue weighted by Crippen LogP contribution is -2.31. The van der Waals surface area contributed by atoms with Gasteiger partial charge in [-0.2, -0.15) is 0 Å². The van der Waals surface area contributed by atoms with E-state index in [1.807, 2.05) is 73.7 Å². The summed E-state index contributed by atoms with van der Waals surface area (Å²) < 4.78 is 27.7. The lowest BCUT2D eigenvalue weighted by atomic mass is 10.2. The van der Waals surface area contributed by atoms with Crippen LogP contribution in [0.2, 0.25) is 0 Å². The third kappa shape index (κ3) is 4.45. The summed E-state index contributed by atoms with van der Waals surface area (Å²) in [7, 11) is -3.54. The van der Waals surface area contributed by atoms with Crippen molar-refractivity contribution in [3.05, 3.63) is 95.8 Å². The van der Waals surface area contributed by atoms with E-state index < -0.39 is 10.0 Å². The molecule has 0 radical (unpaired) electrons. The van der Waals surface area contributed by atoms with Gasteiger partial charge in [-0.15, -0.1) is 0 Å². The lowest BCUT2D eigenvalue weighted by molar-refractivity contribution is 0.589. The highest BCUT2D eigenvalue weighted by molar-refractivity contribution is 7.92. The lowest BCUT2D eigenvalue weighted by Gasteiger charge is -2.24. The predicted octanol–water partition coefficient (Wildman–Crippen LogP) is 3.93. The number of benzene rings is 2. The van der Waals surface area contributed by atoms with Crippen molar-refractivity contribution < 1.29 is 8.42 Å². The van der Waals surface area contributed by atoms with Crippen LogP contribution in [0.25, 0.3) is 0 Å². The van der Waals surface area contributed by atoms with E-state index in [2.05, 4.69) is 4.98 Å². The highest BCUT2D eigenvalue weighted by Gasteiger charge is 2.23. The predicted molar refractivity (Wildman–Crippen MR) is 101 cm³/mol. The molecule has 128 valence electrons. The molecule has 0 saturated carbocycles. The Labute approximate surface area is 148 Å². The number of aromatic nitrogens is 1. The van der Waals surface area contributed by atoms with Gasteiger partial charge in [-0.3, -0.25) is 9.29 Å². The molecule has 0 atom stereocenters. The van der Waals surface area contributed by atoms with Crippen LogP contribution in [0.15, 0.2) is 79.1 Å². The quantitative estimate of drug-likeness (QED) is 0.675. The first-order valence-corrected chi connectivity index (χ1v) is 9.65. The Morgan fingerprint density at radius 3 is 2.36 bits per heavy atom. The van der Waals surface area contributed by atoms with Crippen LogP contribution in [0.1, 0.15) is 16.7 Å². The molecule has 0 saturated heterocycles. The van der Waals surface area contributed by atoms with Crippen molar-refractivity contribution in [2.24, 2.45) is 0 Å². The van der Waals surface area contributed by atoms with E-state index >= 15 is 0 Å². The molecule has 0 bridgehead atoms. The van der Waals surface area contributed by atoms with Gasteiger partial charge in [0.15, 0.2) is 0 Å². The van der Waals surface area contributed by atoms with Crippen LogP contribution in [0.4, 0.5) is 5.69 Å². The van der Waals surface area contributed by atoms with Crippen LogP contribution in [0.3, 0.4) is 0 Å². The Bertz CT molecular complexity index is 926. The molecule has 0 amide bonds. The standard InChI is InChI=1S/C20H20N2O2S/c1-17-7-5-8-18(13-17)16-25(23,24)22(20-10-3-2-4-11-20)15-19-9-6-12-21-14-19/h2-14H,15-16H2,1H3. The van der Waals surface area contributed by atoms with Crippen LogP contribution in [0, 0.1) is 6.92 Å². The van der Waals surface area contributed by atoms with Crippen molar-refractivity contribution in [2.45, 2.75) is 19.2 Å². The normalized spacial score (nSPS) is 11.2. The molecule has 0 N–H and O–H groups in total. The summed E-state index contributed by atoms with van der Waals surface area (Å²) in [6, 6.07) is 20.5. The van der Waals surface area contributed by atoms with E-state index in [0.717, 1.165) is 16.7 Å². The molecule has 0 aliphatic carbocycles. The molecule has 3 rings (SSSR count). The molecule has 25 heavy (non-hydrogen) atoms. The molecule has 0 aliphatic heterocycles. The van der Waals surface area contributed by atoms with Gasteiger partial charge in [-0.25, -0.2) is 8.42 Å². The molecule has 1 aromatic heterocycles. The molecule has 0 fully saturated rings. The van der Waals surface area contributed by atoms with Crippen molar-refractivity contribution >= 4 is 15.7 Å². The van der Waals surface area contributed by atoms with Crippen molar-refractivity contribution in [2.75, 3.05) is 4.31 Å². The van der Waals surface area contributed by atoms with Gasteiger partial charge < -0.3 is 0 Å². The maximum absolute atomic E-state index is 13.1. The van der Waals surface area contributed by atoms with Crippen LogP contribution in [-0.4, -0.2) is 13.4 Å². The second kappa shape index (κ2) is 7.49. The molecule has 3 aromatic rings. The third-order valence-corrected chi connectivity index (χ3v) is 5.57. The zero-order valence-corrected chi connectivity index (χ0v) is 14.9. The first kappa shape index (κ1) is 17.2. The average Bonchev–Trinajstić information content (AvgIpc) is 2.61.